The van der Waals surface area contributed by atoms with Gasteiger partial charge in [0.05, 0.1) is 0 Å². The molecular formula is C26H27Cl3SiZr-4. The van der Waals surface area contributed by atoms with Crippen molar-refractivity contribution in [2.24, 2.45) is 5.92 Å². The summed E-state index contributed by atoms with van der Waals surface area (Å²) in [5, 5.41) is 4.01. The summed E-state index contributed by atoms with van der Waals surface area (Å²) in [6.07, 6.45) is 3.36. The standard InChI is InChI=1S/C15H8Cl3.C9H13.2CH3.Si.Zr/c16-10-7-13(17)15(14(18)8-10)12-6-5-9-3-1-2-4-11(9)12;1-6-5-7(2)9(4)8(6)3;;;;/h1-8H;6H,1-4H3;2*1H3;;/q4*-1;;. The average Bonchev–Trinajstić information content (AvgIpc) is 3.20. The molecule has 2 radical (unpaired) electrons. The molecule has 0 fully saturated rings. The Labute approximate surface area is 220 Å². The second kappa shape index (κ2) is 13.9. The quantitative estimate of drug-likeness (QED) is 0.204. The molecule has 0 N–H and O–H groups in total. The van der Waals surface area contributed by atoms with E-state index in [9.17, 15) is 0 Å². The molecule has 1 aliphatic carbocycles. The fraction of sp³-hybridized carbons (Fsp3) is 0.192. The van der Waals surface area contributed by atoms with Crippen molar-refractivity contribution in [2.45, 2.75) is 27.7 Å². The van der Waals surface area contributed by atoms with Crippen LogP contribution in [0.3, 0.4) is 0 Å². The van der Waals surface area contributed by atoms with E-state index in [1.165, 1.54) is 45.4 Å². The van der Waals surface area contributed by atoms with E-state index in [0.29, 0.717) is 21.0 Å². The Bertz CT molecular complexity index is 1060. The van der Waals surface area contributed by atoms with Crippen LogP contribution in [-0.2, 0) is 23.3 Å². The number of benzene rings is 2. The molecule has 31 heavy (non-hydrogen) atoms. The Morgan fingerprint density at radius 2 is 1.52 bits per heavy atom. The molecule has 0 spiro atoms. The van der Waals surface area contributed by atoms with Gasteiger partial charge in [-0.05, 0) is 17.7 Å². The number of halogens is 3. The van der Waals surface area contributed by atoms with E-state index >= 15 is 0 Å². The minimum atomic E-state index is 0. The summed E-state index contributed by atoms with van der Waals surface area (Å²) in [5.41, 5.74) is 6.12. The van der Waals surface area contributed by atoms with E-state index in [0.717, 1.165) is 16.5 Å². The van der Waals surface area contributed by atoms with Gasteiger partial charge in [0.25, 0.3) is 0 Å². The number of hydrogen-bond donors (Lipinski definition) is 0. The molecule has 0 aliphatic heterocycles. The first-order chi connectivity index (χ1) is 13.8. The van der Waals surface area contributed by atoms with E-state index < -0.39 is 0 Å². The molecule has 1 atom stereocenters. The molecule has 1 aliphatic rings. The first kappa shape index (κ1) is 30.5. The van der Waals surface area contributed by atoms with Gasteiger partial charge in [0.1, 0.15) is 0 Å². The van der Waals surface area contributed by atoms with Crippen LogP contribution in [0.15, 0.2) is 65.3 Å². The van der Waals surface area contributed by atoms with Crippen LogP contribution in [0.2, 0.25) is 15.1 Å². The van der Waals surface area contributed by atoms with Gasteiger partial charge in [0, 0.05) is 15.1 Å². The number of rotatable bonds is 1. The fourth-order valence-electron chi connectivity index (χ4n) is 3.33. The van der Waals surface area contributed by atoms with E-state index in [-0.39, 0.29) is 14.9 Å². The van der Waals surface area contributed by atoms with Crippen molar-refractivity contribution in [1.29, 1.82) is 0 Å². The van der Waals surface area contributed by atoms with Crippen LogP contribution in [0, 0.1) is 26.8 Å². The van der Waals surface area contributed by atoms with Crippen molar-refractivity contribution in [3.63, 3.8) is 0 Å². The molecule has 1 unspecified atom stereocenters. The van der Waals surface area contributed by atoms with Crippen molar-refractivity contribution < 1.29 is 23.3 Å². The summed E-state index contributed by atoms with van der Waals surface area (Å²) in [4.78, 5) is 0. The summed E-state index contributed by atoms with van der Waals surface area (Å²) in [5.74, 6) is 0.560. The summed E-state index contributed by atoms with van der Waals surface area (Å²) in [6.45, 7) is 11.7. The summed E-state index contributed by atoms with van der Waals surface area (Å²) < 4.78 is 0. The van der Waals surface area contributed by atoms with Crippen molar-refractivity contribution in [3.05, 3.63) is 101 Å². The second-order valence-corrected chi connectivity index (χ2v) is 8.13. The van der Waals surface area contributed by atoms with Gasteiger partial charge in [-0.2, -0.15) is 11.1 Å². The van der Waals surface area contributed by atoms with Gasteiger partial charge in [-0.3, -0.25) is 6.08 Å². The molecule has 0 saturated heterocycles. The zero-order valence-electron chi connectivity index (χ0n) is 18.8. The van der Waals surface area contributed by atoms with Crippen LogP contribution in [0.25, 0.3) is 21.9 Å². The molecule has 0 saturated carbocycles. The van der Waals surface area contributed by atoms with Crippen molar-refractivity contribution in [3.8, 4) is 11.1 Å². The van der Waals surface area contributed by atoms with E-state index in [1.54, 1.807) is 12.1 Å². The fourth-order valence-corrected chi connectivity index (χ4v) is 4.35. The average molecular weight is 565 g/mol. The minimum absolute atomic E-state index is 0. The Balaban J connectivity index is 0.000000595. The molecule has 3 aromatic carbocycles. The maximum absolute atomic E-state index is 6.26. The van der Waals surface area contributed by atoms with Crippen LogP contribution in [0.4, 0.5) is 0 Å². The van der Waals surface area contributed by atoms with Crippen LogP contribution in [0.5, 0.6) is 0 Å². The Morgan fingerprint density at radius 1 is 0.968 bits per heavy atom. The van der Waals surface area contributed by atoms with Gasteiger partial charge in [-0.1, -0.05) is 67.6 Å². The predicted octanol–water partition coefficient (Wildman–Crippen LogP) is 9.43. The number of hydrogen-bond acceptors (Lipinski definition) is 0. The van der Waals surface area contributed by atoms with E-state index in [4.69, 9.17) is 34.8 Å². The Kier molecular flexibility index (Phi) is 13.7. The molecule has 164 valence electrons. The first-order valence-electron chi connectivity index (χ1n) is 9.11. The molecule has 0 nitrogen and oxygen atoms in total. The van der Waals surface area contributed by atoms with E-state index in [1.807, 2.05) is 18.2 Å². The molecule has 0 heterocycles. The SMILES string of the molecule is CC1=[C-]C(C)C(C)=C1C.Clc1cc(Cl)c(-c2c[cH-]c3ccccc23)c(Cl)c1.[CH3-].[CH3-].[Si]=[Zr]. The van der Waals surface area contributed by atoms with Crippen molar-refractivity contribution in [2.75, 3.05) is 0 Å². The Morgan fingerprint density at radius 3 is 1.97 bits per heavy atom. The molecule has 0 bridgehead atoms. The van der Waals surface area contributed by atoms with Crippen molar-refractivity contribution >= 4 is 52.5 Å². The predicted molar refractivity (Wildman–Crippen MR) is 139 cm³/mol. The van der Waals surface area contributed by atoms with Gasteiger partial charge >= 0.3 is 30.2 Å². The molecule has 3 aromatic rings. The third-order valence-corrected chi connectivity index (χ3v) is 6.01. The number of fused-ring (bicyclic) bond motifs is 1. The molecule has 0 aromatic heterocycles. The van der Waals surface area contributed by atoms with Gasteiger partial charge in [0.15, 0.2) is 0 Å². The topological polar surface area (TPSA) is 0 Å². The monoisotopic (exact) mass is 562 g/mol. The first-order valence-corrected chi connectivity index (χ1v) is 14.4. The van der Waals surface area contributed by atoms with Gasteiger partial charge in [-0.15, -0.1) is 53.6 Å². The third kappa shape index (κ3) is 7.24. The van der Waals surface area contributed by atoms with Crippen LogP contribution < -0.4 is 0 Å². The van der Waals surface area contributed by atoms with Gasteiger partial charge < -0.3 is 14.9 Å². The zero-order valence-corrected chi connectivity index (χ0v) is 24.6. The van der Waals surface area contributed by atoms with E-state index in [2.05, 4.69) is 58.8 Å². The van der Waals surface area contributed by atoms with Gasteiger partial charge in [-0.25, -0.2) is 5.57 Å². The van der Waals surface area contributed by atoms with Crippen LogP contribution in [-0.4, -0.2) is 6.88 Å². The summed E-state index contributed by atoms with van der Waals surface area (Å²) in [7, 11) is 0. The molecule has 5 heteroatoms. The van der Waals surface area contributed by atoms with Crippen LogP contribution in [0.1, 0.15) is 27.7 Å². The Hall–Kier alpha value is -0.500. The van der Waals surface area contributed by atoms with Crippen LogP contribution >= 0.6 is 34.8 Å². The van der Waals surface area contributed by atoms with Gasteiger partial charge in [0.2, 0.25) is 0 Å². The molecular weight excluding hydrogens is 538 g/mol. The zero-order chi connectivity index (χ0) is 21.7. The summed E-state index contributed by atoms with van der Waals surface area (Å²) >= 11 is 19.8. The third-order valence-electron chi connectivity index (χ3n) is 5.19. The van der Waals surface area contributed by atoms with Crippen molar-refractivity contribution in [1.82, 2.24) is 0 Å². The molecule has 4 rings (SSSR count). The summed E-state index contributed by atoms with van der Waals surface area (Å²) in [6, 6.07) is 15.7. The molecule has 0 amide bonds. The normalized spacial score (nSPS) is 14.4. The maximum atomic E-state index is 6.26. The number of allylic oxidation sites excluding steroid dienone is 4. The second-order valence-electron chi connectivity index (χ2n) is 6.88.